The molecule has 0 fully saturated rings. The fourth-order valence-electron chi connectivity index (χ4n) is 2.15. The molecule has 110 valence electrons. The molecule has 21 heavy (non-hydrogen) atoms. The molecule has 0 aliphatic heterocycles. The second kappa shape index (κ2) is 6.64. The first-order chi connectivity index (χ1) is 10.0. The zero-order valence-corrected chi connectivity index (χ0v) is 13.1. The van der Waals surface area contributed by atoms with E-state index in [9.17, 15) is 4.79 Å². The molecule has 1 N–H and O–H groups in total. The van der Waals surface area contributed by atoms with Crippen LogP contribution in [0.4, 0.5) is 0 Å². The normalized spacial score (nSPS) is 11.0. The van der Waals surface area contributed by atoms with Crippen molar-refractivity contribution in [3.8, 4) is 16.9 Å². The largest absolute Gasteiger partial charge is 0.490 e. The Bertz CT molecular complexity index is 715. The van der Waals surface area contributed by atoms with Gasteiger partial charge in [0.1, 0.15) is 17.4 Å². The summed E-state index contributed by atoms with van der Waals surface area (Å²) in [6, 6.07) is 7.44. The number of ether oxygens (including phenoxy) is 1. The predicted octanol–water partition coefficient (Wildman–Crippen LogP) is 4.27. The quantitative estimate of drug-likeness (QED) is 0.857. The third kappa shape index (κ3) is 3.37. The smallest absolute Gasteiger partial charge is 0.208 e. The molecule has 0 spiro atoms. The fraction of sp³-hybridized carbons (Fsp3) is 0.235. The highest BCUT2D eigenvalue weighted by Gasteiger charge is 2.12. The van der Waals surface area contributed by atoms with Crippen LogP contribution in [0.1, 0.15) is 18.3 Å². The van der Waals surface area contributed by atoms with Crippen LogP contribution in [0.2, 0.25) is 5.02 Å². The van der Waals surface area contributed by atoms with Gasteiger partial charge in [0.05, 0.1) is 0 Å². The number of hydrogen-bond acceptors (Lipinski definition) is 2. The average molecular weight is 304 g/mol. The van der Waals surface area contributed by atoms with Gasteiger partial charge in [-0.25, -0.2) is 0 Å². The van der Waals surface area contributed by atoms with Gasteiger partial charge in [-0.2, -0.15) is 0 Å². The van der Waals surface area contributed by atoms with Crippen molar-refractivity contribution < 1.29 is 4.74 Å². The van der Waals surface area contributed by atoms with Crippen molar-refractivity contribution in [3.05, 3.63) is 63.1 Å². The van der Waals surface area contributed by atoms with E-state index in [1.807, 2.05) is 50.3 Å². The Balaban J connectivity index is 2.35. The van der Waals surface area contributed by atoms with Crippen LogP contribution in [0.5, 0.6) is 5.75 Å². The Morgan fingerprint density at radius 3 is 2.48 bits per heavy atom. The van der Waals surface area contributed by atoms with Crippen LogP contribution in [-0.2, 0) is 0 Å². The summed E-state index contributed by atoms with van der Waals surface area (Å²) >= 11 is 6.04. The van der Waals surface area contributed by atoms with Crippen LogP contribution in [0.3, 0.4) is 0 Å². The molecule has 2 rings (SSSR count). The van der Waals surface area contributed by atoms with Crippen molar-refractivity contribution in [3.63, 3.8) is 0 Å². The molecule has 0 atom stereocenters. The van der Waals surface area contributed by atoms with E-state index in [4.69, 9.17) is 16.3 Å². The standard InChI is InChI=1S/C17H18ClNO2/c1-4-5-10-21-14-8-6-13(7-9-14)15-11(2)19-12(3)16(18)17(15)20/h4-9H,10H2,1-3H3,(H,19,20)/b5-4+. The van der Waals surface area contributed by atoms with Crippen molar-refractivity contribution >= 4 is 11.6 Å². The second-order valence-electron chi connectivity index (χ2n) is 4.80. The maximum Gasteiger partial charge on any atom is 0.208 e. The minimum atomic E-state index is -0.145. The summed E-state index contributed by atoms with van der Waals surface area (Å²) in [7, 11) is 0. The van der Waals surface area contributed by atoms with Gasteiger partial charge in [0.25, 0.3) is 0 Å². The number of pyridine rings is 1. The summed E-state index contributed by atoms with van der Waals surface area (Å²) in [5.74, 6) is 0.768. The van der Waals surface area contributed by atoms with Crippen molar-refractivity contribution in [1.29, 1.82) is 0 Å². The number of aromatic amines is 1. The lowest BCUT2D eigenvalue weighted by molar-refractivity contribution is 0.363. The van der Waals surface area contributed by atoms with Gasteiger partial charge >= 0.3 is 0 Å². The minimum Gasteiger partial charge on any atom is -0.490 e. The van der Waals surface area contributed by atoms with E-state index in [0.717, 1.165) is 17.0 Å². The average Bonchev–Trinajstić information content (AvgIpc) is 2.47. The number of halogens is 1. The van der Waals surface area contributed by atoms with Gasteiger partial charge in [-0.15, -0.1) is 0 Å². The van der Waals surface area contributed by atoms with E-state index in [1.54, 1.807) is 6.92 Å². The molecular formula is C17H18ClNO2. The van der Waals surface area contributed by atoms with E-state index >= 15 is 0 Å². The van der Waals surface area contributed by atoms with E-state index in [1.165, 1.54) is 0 Å². The highest BCUT2D eigenvalue weighted by molar-refractivity contribution is 6.31. The third-order valence-corrected chi connectivity index (χ3v) is 3.69. The fourth-order valence-corrected chi connectivity index (χ4v) is 2.30. The monoisotopic (exact) mass is 303 g/mol. The molecule has 0 unspecified atom stereocenters. The lowest BCUT2D eigenvalue weighted by atomic mass is 10.0. The van der Waals surface area contributed by atoms with Crippen LogP contribution >= 0.6 is 11.6 Å². The SMILES string of the molecule is C/C=C/COc1ccc(-c2c(C)[nH]c(C)c(Cl)c2=O)cc1. The van der Waals surface area contributed by atoms with E-state index in [0.29, 0.717) is 17.9 Å². The third-order valence-electron chi connectivity index (χ3n) is 3.23. The molecular weight excluding hydrogens is 286 g/mol. The maximum atomic E-state index is 12.3. The van der Waals surface area contributed by atoms with Crippen LogP contribution in [0.25, 0.3) is 11.1 Å². The summed E-state index contributed by atoms with van der Waals surface area (Å²) < 4.78 is 5.54. The van der Waals surface area contributed by atoms with Crippen LogP contribution in [0.15, 0.2) is 41.2 Å². The van der Waals surface area contributed by atoms with Crippen molar-refractivity contribution in [1.82, 2.24) is 4.98 Å². The Morgan fingerprint density at radius 1 is 1.19 bits per heavy atom. The van der Waals surface area contributed by atoms with Crippen LogP contribution in [0, 0.1) is 13.8 Å². The molecule has 0 radical (unpaired) electrons. The molecule has 0 saturated heterocycles. The molecule has 1 heterocycles. The lowest BCUT2D eigenvalue weighted by Gasteiger charge is -2.09. The first-order valence-electron chi connectivity index (χ1n) is 6.78. The number of rotatable bonds is 4. The predicted molar refractivity (Wildman–Crippen MR) is 87.3 cm³/mol. The van der Waals surface area contributed by atoms with Gasteiger partial charge in [-0.05, 0) is 38.5 Å². The van der Waals surface area contributed by atoms with Crippen molar-refractivity contribution in [2.24, 2.45) is 0 Å². The maximum absolute atomic E-state index is 12.3. The molecule has 2 aromatic rings. The highest BCUT2D eigenvalue weighted by Crippen LogP contribution is 2.24. The zero-order valence-electron chi connectivity index (χ0n) is 12.4. The molecule has 0 saturated carbocycles. The topological polar surface area (TPSA) is 42.1 Å². The summed E-state index contributed by atoms with van der Waals surface area (Å²) in [5.41, 5.74) is 2.78. The van der Waals surface area contributed by atoms with Crippen molar-refractivity contribution in [2.45, 2.75) is 20.8 Å². The van der Waals surface area contributed by atoms with E-state index in [-0.39, 0.29) is 10.5 Å². The first kappa shape index (κ1) is 15.4. The number of hydrogen-bond donors (Lipinski definition) is 1. The molecule has 1 aromatic carbocycles. The lowest BCUT2D eigenvalue weighted by Crippen LogP contribution is -2.11. The number of H-pyrrole nitrogens is 1. The molecule has 1 aromatic heterocycles. The van der Waals surface area contributed by atoms with Gasteiger partial charge in [-0.1, -0.05) is 35.9 Å². The molecule has 0 amide bonds. The molecule has 0 aliphatic rings. The van der Waals surface area contributed by atoms with E-state index < -0.39 is 0 Å². The van der Waals surface area contributed by atoms with E-state index in [2.05, 4.69) is 4.98 Å². The van der Waals surface area contributed by atoms with Gasteiger partial charge in [-0.3, -0.25) is 4.79 Å². The molecule has 0 bridgehead atoms. The summed E-state index contributed by atoms with van der Waals surface area (Å²) in [5, 5.41) is 0.240. The number of aryl methyl sites for hydroxylation is 2. The number of nitrogens with one attached hydrogen (secondary N) is 1. The summed E-state index contributed by atoms with van der Waals surface area (Å²) in [4.78, 5) is 15.4. The Labute approximate surface area is 129 Å². The van der Waals surface area contributed by atoms with Crippen LogP contribution in [-0.4, -0.2) is 11.6 Å². The first-order valence-corrected chi connectivity index (χ1v) is 7.15. The Kier molecular flexibility index (Phi) is 4.86. The molecule has 3 nitrogen and oxygen atoms in total. The minimum absolute atomic E-state index is 0.145. The zero-order chi connectivity index (χ0) is 15.4. The number of benzene rings is 1. The molecule has 4 heteroatoms. The summed E-state index contributed by atoms with van der Waals surface area (Å²) in [6.07, 6.45) is 3.87. The van der Waals surface area contributed by atoms with Crippen LogP contribution < -0.4 is 10.2 Å². The molecule has 0 aliphatic carbocycles. The Hall–Kier alpha value is -2.00. The summed E-state index contributed by atoms with van der Waals surface area (Å²) in [6.45, 7) is 6.14. The van der Waals surface area contributed by atoms with Crippen molar-refractivity contribution in [2.75, 3.05) is 6.61 Å². The Morgan fingerprint density at radius 2 is 1.86 bits per heavy atom. The van der Waals surface area contributed by atoms with Gasteiger partial charge < -0.3 is 9.72 Å². The number of aromatic nitrogens is 1. The van der Waals surface area contributed by atoms with Gasteiger partial charge in [0.2, 0.25) is 5.43 Å². The van der Waals surface area contributed by atoms with Gasteiger partial charge in [0.15, 0.2) is 0 Å². The second-order valence-corrected chi connectivity index (χ2v) is 5.18. The number of allylic oxidation sites excluding steroid dienone is 1. The highest BCUT2D eigenvalue weighted by atomic mass is 35.5. The van der Waals surface area contributed by atoms with Gasteiger partial charge in [0, 0.05) is 17.0 Å².